The number of carbonyl (C=O) groups excluding carboxylic acids is 2. The number of carbonyl (C=O) groups is 3. The summed E-state index contributed by atoms with van der Waals surface area (Å²) < 4.78 is 0. The lowest BCUT2D eigenvalue weighted by Crippen LogP contribution is -2.28. The maximum Gasteiger partial charge on any atom is 0.325 e. The third kappa shape index (κ3) is 5.06. The van der Waals surface area contributed by atoms with Gasteiger partial charge in [-0.05, 0) is 39.6 Å². The lowest BCUT2D eigenvalue weighted by molar-refractivity contribution is -0.139. The van der Waals surface area contributed by atoms with Crippen LogP contribution in [0.5, 0.6) is 0 Å². The number of rotatable bonds is 8. The molecule has 0 bridgehead atoms. The molecule has 4 rings (SSSR count). The zero-order valence-corrected chi connectivity index (χ0v) is 18.8. The fourth-order valence-corrected chi connectivity index (χ4v) is 4.73. The highest BCUT2D eigenvalue weighted by Crippen LogP contribution is 2.35. The van der Waals surface area contributed by atoms with Gasteiger partial charge in [-0.3, -0.25) is 20.2 Å². The number of carboxylic acid groups (broad SMARTS) is 1. The molecular formula is C25H22N4O4S. The van der Waals surface area contributed by atoms with E-state index in [1.165, 1.54) is 11.3 Å². The Morgan fingerprint density at radius 1 is 0.912 bits per heavy atom. The molecule has 9 heteroatoms. The van der Waals surface area contributed by atoms with E-state index in [1.54, 1.807) is 6.07 Å². The molecule has 0 aliphatic rings. The second kappa shape index (κ2) is 9.74. The van der Waals surface area contributed by atoms with Gasteiger partial charge in [-0.25, -0.2) is 4.79 Å². The smallest absolute Gasteiger partial charge is 0.325 e. The van der Waals surface area contributed by atoms with Gasteiger partial charge in [0.15, 0.2) is 0 Å². The van der Waals surface area contributed by atoms with Gasteiger partial charge in [0, 0.05) is 11.4 Å². The Balaban J connectivity index is 1.50. The Labute approximate surface area is 199 Å². The first-order valence-corrected chi connectivity index (χ1v) is 11.2. The summed E-state index contributed by atoms with van der Waals surface area (Å²) >= 11 is 1.19. The number of hydrogen-bond donors (Lipinski definition) is 5. The number of carboxylic acids is 1. The lowest BCUT2D eigenvalue weighted by Gasteiger charge is -2.16. The van der Waals surface area contributed by atoms with Crippen molar-refractivity contribution in [1.29, 1.82) is 0 Å². The van der Waals surface area contributed by atoms with Crippen LogP contribution in [0.1, 0.15) is 27.5 Å². The standard InChI is InChI=1S/C25H22N4O4S/c26-22(30)19-12-20(34-23(19)29-25(27)33)16-7-5-14(6-8-16)13-28-21(24(31)32)18-10-9-15-3-1-2-4-17(15)11-18/h1-12,21,28H,13H2,(H2,26,30)(H,31,32)(H3,27,29,33)/t21-/m0/s1. The number of primary amides is 2. The lowest BCUT2D eigenvalue weighted by atomic mass is 10.0. The number of urea groups is 1. The van der Waals surface area contributed by atoms with Gasteiger partial charge in [-0.2, -0.15) is 0 Å². The largest absolute Gasteiger partial charge is 0.480 e. The summed E-state index contributed by atoms with van der Waals surface area (Å²) in [6.45, 7) is 0.343. The van der Waals surface area contributed by atoms with Crippen LogP contribution in [0.3, 0.4) is 0 Å². The van der Waals surface area contributed by atoms with E-state index in [4.69, 9.17) is 11.5 Å². The van der Waals surface area contributed by atoms with Gasteiger partial charge in [0.2, 0.25) is 0 Å². The van der Waals surface area contributed by atoms with E-state index in [0.29, 0.717) is 17.1 Å². The fourth-order valence-electron chi connectivity index (χ4n) is 3.66. The Kier molecular flexibility index (Phi) is 6.58. The molecule has 7 N–H and O–H groups in total. The first-order chi connectivity index (χ1) is 16.3. The topological polar surface area (TPSA) is 148 Å². The molecule has 0 fully saturated rings. The molecule has 1 aromatic heterocycles. The second-order valence-electron chi connectivity index (χ2n) is 7.66. The summed E-state index contributed by atoms with van der Waals surface area (Å²) in [5.74, 6) is -1.63. The molecule has 172 valence electrons. The maximum absolute atomic E-state index is 11.9. The molecule has 8 nitrogen and oxygen atoms in total. The minimum atomic E-state index is -0.959. The highest BCUT2D eigenvalue weighted by Gasteiger charge is 2.20. The van der Waals surface area contributed by atoms with Crippen LogP contribution in [-0.4, -0.2) is 23.0 Å². The van der Waals surface area contributed by atoms with Gasteiger partial charge in [0.1, 0.15) is 11.0 Å². The van der Waals surface area contributed by atoms with Crippen molar-refractivity contribution in [3.63, 3.8) is 0 Å². The van der Waals surface area contributed by atoms with Crippen LogP contribution < -0.4 is 22.1 Å². The van der Waals surface area contributed by atoms with Crippen LogP contribution in [0.4, 0.5) is 9.80 Å². The first kappa shape index (κ1) is 23.0. The third-order valence-electron chi connectivity index (χ3n) is 5.34. The van der Waals surface area contributed by atoms with Crippen molar-refractivity contribution in [2.45, 2.75) is 12.6 Å². The third-order valence-corrected chi connectivity index (χ3v) is 6.44. The van der Waals surface area contributed by atoms with Crippen LogP contribution in [0.25, 0.3) is 21.2 Å². The molecule has 0 saturated heterocycles. The Morgan fingerprint density at radius 3 is 2.26 bits per heavy atom. The zero-order valence-electron chi connectivity index (χ0n) is 17.9. The molecule has 0 unspecified atom stereocenters. The summed E-state index contributed by atoms with van der Waals surface area (Å²) in [5, 5.41) is 17.6. The Bertz CT molecular complexity index is 1380. The minimum Gasteiger partial charge on any atom is -0.480 e. The van der Waals surface area contributed by atoms with Gasteiger partial charge in [-0.15, -0.1) is 11.3 Å². The van der Waals surface area contributed by atoms with E-state index < -0.39 is 23.9 Å². The molecule has 0 aliphatic carbocycles. The molecule has 1 heterocycles. The highest BCUT2D eigenvalue weighted by molar-refractivity contribution is 7.20. The number of amides is 3. The SMILES string of the molecule is NC(=O)Nc1sc(-c2ccc(CN[C@H](C(=O)O)c3ccc4ccccc4c3)cc2)cc1C(N)=O. The number of nitrogens with two attached hydrogens (primary N) is 2. The van der Waals surface area contributed by atoms with Crippen LogP contribution >= 0.6 is 11.3 Å². The fraction of sp³-hybridized carbons (Fsp3) is 0.0800. The summed E-state index contributed by atoms with van der Waals surface area (Å²) in [5.41, 5.74) is 13.1. The number of aliphatic carboxylic acids is 1. The second-order valence-corrected chi connectivity index (χ2v) is 8.71. The summed E-state index contributed by atoms with van der Waals surface area (Å²) in [6.07, 6.45) is 0. The molecule has 0 spiro atoms. The quantitative estimate of drug-likeness (QED) is 0.261. The van der Waals surface area contributed by atoms with E-state index in [9.17, 15) is 19.5 Å². The molecule has 34 heavy (non-hydrogen) atoms. The Hall–Kier alpha value is -4.21. The molecule has 3 amide bonds. The number of hydrogen-bond acceptors (Lipinski definition) is 5. The van der Waals surface area contributed by atoms with Gasteiger partial charge >= 0.3 is 12.0 Å². The van der Waals surface area contributed by atoms with Gasteiger partial charge < -0.3 is 16.6 Å². The van der Waals surface area contributed by atoms with Crippen molar-refractivity contribution >= 4 is 45.0 Å². The van der Waals surface area contributed by atoms with Crippen LogP contribution in [0.15, 0.2) is 72.8 Å². The Morgan fingerprint density at radius 2 is 1.62 bits per heavy atom. The number of benzene rings is 3. The van der Waals surface area contributed by atoms with Gasteiger partial charge in [0.05, 0.1) is 5.56 Å². The minimum absolute atomic E-state index is 0.184. The first-order valence-electron chi connectivity index (χ1n) is 10.4. The molecule has 0 saturated carbocycles. The summed E-state index contributed by atoms with van der Waals surface area (Å²) in [6, 6.07) is 20.8. The van der Waals surface area contributed by atoms with Gasteiger partial charge in [-0.1, -0.05) is 60.7 Å². The number of thiophene rings is 1. The maximum atomic E-state index is 11.9. The number of anilines is 1. The normalized spacial score (nSPS) is 11.8. The predicted molar refractivity (Wildman–Crippen MR) is 133 cm³/mol. The number of nitrogens with one attached hydrogen (secondary N) is 2. The van der Waals surface area contributed by atoms with E-state index in [2.05, 4.69) is 10.6 Å². The molecule has 3 aromatic carbocycles. The molecule has 0 radical (unpaired) electrons. The molecule has 4 aromatic rings. The molecule has 0 aliphatic heterocycles. The zero-order chi connectivity index (χ0) is 24.2. The summed E-state index contributed by atoms with van der Waals surface area (Å²) in [7, 11) is 0. The average molecular weight is 475 g/mol. The van der Waals surface area contributed by atoms with Crippen molar-refractivity contribution in [3.8, 4) is 10.4 Å². The van der Waals surface area contributed by atoms with E-state index >= 15 is 0 Å². The monoisotopic (exact) mass is 474 g/mol. The average Bonchev–Trinajstić information content (AvgIpc) is 3.22. The van der Waals surface area contributed by atoms with Crippen LogP contribution in [0.2, 0.25) is 0 Å². The molecular weight excluding hydrogens is 452 g/mol. The van der Waals surface area contributed by atoms with Crippen molar-refractivity contribution < 1.29 is 19.5 Å². The van der Waals surface area contributed by atoms with Crippen LogP contribution in [0, 0.1) is 0 Å². The highest BCUT2D eigenvalue weighted by atomic mass is 32.1. The van der Waals surface area contributed by atoms with Crippen molar-refractivity contribution in [2.24, 2.45) is 11.5 Å². The van der Waals surface area contributed by atoms with Crippen LogP contribution in [-0.2, 0) is 11.3 Å². The van der Waals surface area contributed by atoms with E-state index in [-0.39, 0.29) is 5.56 Å². The summed E-state index contributed by atoms with van der Waals surface area (Å²) in [4.78, 5) is 35.5. The number of fused-ring (bicyclic) bond motifs is 1. The van der Waals surface area contributed by atoms with Gasteiger partial charge in [0.25, 0.3) is 5.91 Å². The molecule has 1 atom stereocenters. The van der Waals surface area contributed by atoms with E-state index in [0.717, 1.165) is 26.8 Å². The van der Waals surface area contributed by atoms with Crippen molar-refractivity contribution in [1.82, 2.24) is 5.32 Å². The van der Waals surface area contributed by atoms with Crippen molar-refractivity contribution in [2.75, 3.05) is 5.32 Å². The predicted octanol–water partition coefficient (Wildman–Crippen LogP) is 4.07. The van der Waals surface area contributed by atoms with E-state index in [1.807, 2.05) is 66.7 Å². The van der Waals surface area contributed by atoms with Crippen molar-refractivity contribution in [3.05, 3.63) is 89.5 Å².